The topological polar surface area (TPSA) is 107 Å². The number of esters is 1. The van der Waals surface area contributed by atoms with E-state index in [9.17, 15) is 14.4 Å². The van der Waals surface area contributed by atoms with Crippen LogP contribution in [-0.4, -0.2) is 65.8 Å². The van der Waals surface area contributed by atoms with E-state index in [1.54, 1.807) is 19.2 Å². The monoisotopic (exact) mass is 589 g/mol. The third-order valence-electron chi connectivity index (χ3n) is 6.30. The number of pyridine rings is 1. The standard InChI is InChI=1S/C28H36BrN3O6/c1-4-7-9-15-37-28(35)31-23(10-8-5-2)26(33)32-18-21(17-24(32)27(34)36-6-3)38-25-22-16-20(29)12-11-19(22)13-14-30-25/h4,11-14,16,21,23-24H,1,5-10,15,17-18H2,2-3H3,(H,31,35)/t21-,23?,24+/m1/s1. The lowest BCUT2D eigenvalue weighted by Crippen LogP contribution is -2.52. The summed E-state index contributed by atoms with van der Waals surface area (Å²) in [6.45, 7) is 7.96. The van der Waals surface area contributed by atoms with Gasteiger partial charge in [-0.2, -0.15) is 0 Å². The fourth-order valence-electron chi connectivity index (χ4n) is 4.40. The van der Waals surface area contributed by atoms with Gasteiger partial charge in [0.2, 0.25) is 11.8 Å². The number of hydrogen-bond acceptors (Lipinski definition) is 7. The molecule has 1 aromatic heterocycles. The van der Waals surface area contributed by atoms with Gasteiger partial charge in [-0.15, -0.1) is 6.58 Å². The van der Waals surface area contributed by atoms with Crippen LogP contribution in [0.15, 0.2) is 47.6 Å². The van der Waals surface area contributed by atoms with Crippen LogP contribution in [0.5, 0.6) is 5.88 Å². The lowest BCUT2D eigenvalue weighted by molar-refractivity contribution is -0.153. The van der Waals surface area contributed by atoms with Crippen molar-refractivity contribution in [3.8, 4) is 5.88 Å². The molecular weight excluding hydrogens is 554 g/mol. The van der Waals surface area contributed by atoms with Crippen molar-refractivity contribution in [1.29, 1.82) is 0 Å². The number of unbranched alkanes of at least 4 members (excludes halogenated alkanes) is 2. The van der Waals surface area contributed by atoms with Crippen LogP contribution in [0, 0.1) is 0 Å². The molecule has 3 atom stereocenters. The normalized spacial score (nSPS) is 17.6. The summed E-state index contributed by atoms with van der Waals surface area (Å²) in [6, 6.07) is 6.05. The fraction of sp³-hybridized carbons (Fsp3) is 0.500. The van der Waals surface area contributed by atoms with Crippen LogP contribution >= 0.6 is 15.9 Å². The molecule has 1 aromatic carbocycles. The summed E-state index contributed by atoms with van der Waals surface area (Å²) in [5.41, 5.74) is 0. The molecule has 1 saturated heterocycles. The number of nitrogens with zero attached hydrogens (tertiary/aromatic N) is 2. The third-order valence-corrected chi connectivity index (χ3v) is 6.79. The smallest absolute Gasteiger partial charge is 0.407 e. The summed E-state index contributed by atoms with van der Waals surface area (Å²) in [5.74, 6) is -0.435. The molecule has 0 spiro atoms. The van der Waals surface area contributed by atoms with Gasteiger partial charge in [-0.25, -0.2) is 14.6 Å². The molecule has 1 N–H and O–H groups in total. The van der Waals surface area contributed by atoms with Gasteiger partial charge in [-0.3, -0.25) is 4.79 Å². The number of amides is 2. The Morgan fingerprint density at radius 3 is 2.79 bits per heavy atom. The number of rotatable bonds is 13. The number of fused-ring (bicyclic) bond motifs is 1. The van der Waals surface area contributed by atoms with Crippen LogP contribution in [0.3, 0.4) is 0 Å². The molecule has 2 aromatic rings. The quantitative estimate of drug-likeness (QED) is 0.195. The molecule has 1 aliphatic rings. The highest BCUT2D eigenvalue weighted by molar-refractivity contribution is 9.10. The van der Waals surface area contributed by atoms with E-state index in [1.165, 1.54) is 4.90 Å². The van der Waals surface area contributed by atoms with Crippen molar-refractivity contribution >= 4 is 44.7 Å². The van der Waals surface area contributed by atoms with Gasteiger partial charge in [0, 0.05) is 22.5 Å². The Labute approximate surface area is 232 Å². The Morgan fingerprint density at radius 2 is 2.05 bits per heavy atom. The zero-order chi connectivity index (χ0) is 27.5. The van der Waals surface area contributed by atoms with Crippen molar-refractivity contribution in [1.82, 2.24) is 15.2 Å². The van der Waals surface area contributed by atoms with Crippen LogP contribution in [0.2, 0.25) is 0 Å². The molecule has 0 bridgehead atoms. The number of nitrogens with one attached hydrogen (secondary N) is 1. The van der Waals surface area contributed by atoms with Crippen molar-refractivity contribution in [3.63, 3.8) is 0 Å². The maximum absolute atomic E-state index is 13.7. The molecule has 1 aliphatic heterocycles. The van der Waals surface area contributed by atoms with E-state index in [0.717, 1.165) is 34.5 Å². The van der Waals surface area contributed by atoms with Crippen molar-refractivity contribution in [2.24, 2.45) is 0 Å². The van der Waals surface area contributed by atoms with E-state index in [-0.39, 0.29) is 32.1 Å². The molecular formula is C28H36BrN3O6. The molecule has 206 valence electrons. The first-order valence-electron chi connectivity index (χ1n) is 13.1. The highest BCUT2D eigenvalue weighted by Crippen LogP contribution is 2.30. The van der Waals surface area contributed by atoms with Crippen LogP contribution in [0.1, 0.15) is 52.4 Å². The number of hydrogen-bond donors (Lipinski definition) is 1. The van der Waals surface area contributed by atoms with Gasteiger partial charge in [0.1, 0.15) is 18.2 Å². The predicted molar refractivity (Wildman–Crippen MR) is 148 cm³/mol. The Hall–Kier alpha value is -3.14. The number of likely N-dealkylation sites (tertiary alicyclic amines) is 1. The van der Waals surface area contributed by atoms with Gasteiger partial charge in [0.25, 0.3) is 0 Å². The average molecular weight is 591 g/mol. The third kappa shape index (κ3) is 7.93. The van der Waals surface area contributed by atoms with Gasteiger partial charge in [0.15, 0.2) is 0 Å². The number of aromatic nitrogens is 1. The van der Waals surface area contributed by atoms with Crippen LogP contribution in [0.25, 0.3) is 10.8 Å². The van der Waals surface area contributed by atoms with E-state index in [2.05, 4.69) is 32.8 Å². The number of allylic oxidation sites excluding steroid dienone is 1. The highest BCUT2D eigenvalue weighted by Gasteiger charge is 2.44. The van der Waals surface area contributed by atoms with Gasteiger partial charge in [-0.05, 0) is 49.8 Å². The lowest BCUT2D eigenvalue weighted by Gasteiger charge is -2.27. The number of carbonyl (C=O) groups excluding carboxylic acids is 3. The van der Waals surface area contributed by atoms with E-state index >= 15 is 0 Å². The zero-order valence-electron chi connectivity index (χ0n) is 22.0. The summed E-state index contributed by atoms with van der Waals surface area (Å²) < 4.78 is 17.6. The zero-order valence-corrected chi connectivity index (χ0v) is 23.6. The highest BCUT2D eigenvalue weighted by atomic mass is 79.9. The molecule has 0 radical (unpaired) electrons. The molecule has 38 heavy (non-hydrogen) atoms. The largest absolute Gasteiger partial charge is 0.472 e. The molecule has 1 unspecified atom stereocenters. The Morgan fingerprint density at radius 1 is 1.24 bits per heavy atom. The number of benzene rings is 1. The summed E-state index contributed by atoms with van der Waals surface area (Å²) >= 11 is 3.49. The maximum Gasteiger partial charge on any atom is 0.407 e. The first-order valence-corrected chi connectivity index (χ1v) is 13.9. The molecule has 1 fully saturated rings. The Balaban J connectivity index is 1.78. The first kappa shape index (κ1) is 29.4. The second kappa shape index (κ2) is 14.7. The average Bonchev–Trinajstić information content (AvgIpc) is 3.33. The number of alkyl carbamates (subject to hydrolysis) is 1. The van der Waals surface area contributed by atoms with E-state index < -0.39 is 30.3 Å². The first-order chi connectivity index (χ1) is 18.4. The second-order valence-corrected chi connectivity index (χ2v) is 10.0. The SMILES string of the molecule is C=CCCCOC(=O)NC(CCCC)C(=O)N1C[C@H](Oc2nccc3ccc(Br)cc23)C[C@H]1C(=O)OCC. The minimum atomic E-state index is -0.830. The Kier molecular flexibility index (Phi) is 11.4. The van der Waals surface area contributed by atoms with Crippen molar-refractivity contribution < 1.29 is 28.6 Å². The van der Waals surface area contributed by atoms with Gasteiger partial charge < -0.3 is 24.4 Å². The molecule has 0 aliphatic carbocycles. The molecule has 3 rings (SSSR count). The molecule has 0 saturated carbocycles. The van der Waals surface area contributed by atoms with E-state index in [1.807, 2.05) is 31.2 Å². The molecule has 9 nitrogen and oxygen atoms in total. The number of carbonyl (C=O) groups is 3. The van der Waals surface area contributed by atoms with E-state index in [4.69, 9.17) is 14.2 Å². The minimum absolute atomic E-state index is 0.160. The van der Waals surface area contributed by atoms with Crippen molar-refractivity contribution in [2.75, 3.05) is 19.8 Å². The predicted octanol–water partition coefficient (Wildman–Crippen LogP) is 5.16. The van der Waals surface area contributed by atoms with Crippen LogP contribution < -0.4 is 10.1 Å². The summed E-state index contributed by atoms with van der Waals surface area (Å²) in [6.07, 6.45) is 5.90. The number of ether oxygens (including phenoxy) is 3. The molecule has 2 heterocycles. The van der Waals surface area contributed by atoms with E-state index in [0.29, 0.717) is 18.7 Å². The van der Waals surface area contributed by atoms with Gasteiger partial charge >= 0.3 is 12.1 Å². The molecule has 10 heteroatoms. The summed E-state index contributed by atoms with van der Waals surface area (Å²) in [5, 5.41) is 4.48. The van der Waals surface area contributed by atoms with Gasteiger partial charge in [0.05, 0.1) is 19.8 Å². The molecule has 2 amide bonds. The minimum Gasteiger partial charge on any atom is -0.472 e. The number of halogens is 1. The maximum atomic E-state index is 13.7. The van der Waals surface area contributed by atoms with Crippen LogP contribution in [-0.2, 0) is 19.1 Å². The fourth-order valence-corrected chi connectivity index (χ4v) is 4.76. The van der Waals surface area contributed by atoms with Crippen molar-refractivity contribution in [2.45, 2.75) is 70.6 Å². The lowest BCUT2D eigenvalue weighted by atomic mass is 10.1. The summed E-state index contributed by atoms with van der Waals surface area (Å²) in [4.78, 5) is 44.8. The van der Waals surface area contributed by atoms with Crippen molar-refractivity contribution in [3.05, 3.63) is 47.6 Å². The van der Waals surface area contributed by atoms with Crippen LogP contribution in [0.4, 0.5) is 4.79 Å². The summed E-state index contributed by atoms with van der Waals surface area (Å²) in [7, 11) is 0. The van der Waals surface area contributed by atoms with Gasteiger partial charge in [-0.1, -0.05) is 47.8 Å². The Bertz CT molecular complexity index is 1130. The second-order valence-electron chi connectivity index (χ2n) is 9.12.